The summed E-state index contributed by atoms with van der Waals surface area (Å²) < 4.78 is 5.61. The summed E-state index contributed by atoms with van der Waals surface area (Å²) in [5.74, 6) is 2.50. The van der Waals surface area contributed by atoms with Crippen LogP contribution in [0.1, 0.15) is 18.4 Å². The van der Waals surface area contributed by atoms with Crippen LogP contribution in [-0.2, 0) is 14.9 Å². The van der Waals surface area contributed by atoms with Gasteiger partial charge in [0.2, 0.25) is 5.91 Å². The Balaban J connectivity index is 1.27. The van der Waals surface area contributed by atoms with E-state index in [1.54, 1.807) is 12.5 Å². The summed E-state index contributed by atoms with van der Waals surface area (Å²) in [6, 6.07) is 17.8. The predicted molar refractivity (Wildman–Crippen MR) is 127 cm³/mol. The quantitative estimate of drug-likeness (QED) is 0.648. The van der Waals surface area contributed by atoms with E-state index < -0.39 is 5.41 Å². The first-order valence-electron chi connectivity index (χ1n) is 11.4. The van der Waals surface area contributed by atoms with Gasteiger partial charge in [0.1, 0.15) is 23.8 Å². The number of nitrogens with zero attached hydrogens (tertiary/aromatic N) is 5. The second-order valence-corrected chi connectivity index (χ2v) is 8.44. The number of hydrogen-bond acceptors (Lipinski definition) is 7. The molecule has 5 rings (SSSR count). The van der Waals surface area contributed by atoms with E-state index in [4.69, 9.17) is 4.74 Å². The van der Waals surface area contributed by atoms with Gasteiger partial charge < -0.3 is 19.9 Å². The molecule has 0 radical (unpaired) electrons. The Morgan fingerprint density at radius 1 is 0.879 bits per heavy atom. The molecule has 0 atom stereocenters. The lowest BCUT2D eigenvalue weighted by molar-refractivity contribution is -0.141. The van der Waals surface area contributed by atoms with E-state index in [1.165, 1.54) is 0 Å². The summed E-state index contributed by atoms with van der Waals surface area (Å²) in [6.45, 7) is 4.03. The number of carbonyl (C=O) groups is 1. The van der Waals surface area contributed by atoms with E-state index in [0.717, 1.165) is 43.1 Å². The van der Waals surface area contributed by atoms with Crippen LogP contribution in [0.25, 0.3) is 0 Å². The van der Waals surface area contributed by atoms with Crippen LogP contribution in [0, 0.1) is 0 Å². The molecule has 0 aliphatic carbocycles. The highest BCUT2D eigenvalue weighted by molar-refractivity contribution is 5.88. The van der Waals surface area contributed by atoms with Gasteiger partial charge in [-0.2, -0.15) is 0 Å². The van der Waals surface area contributed by atoms with Gasteiger partial charge in [0, 0.05) is 51.7 Å². The molecular formula is C25H28N6O2. The topological polar surface area (TPSA) is 83.5 Å². The standard InChI is InChI=1S/C25H28N6O2/c32-24(25(9-16-33-17-10-25)20-6-2-1-3-7-20)31-14-12-30(13-15-31)23-18-22(27-19-28-23)29-21-8-4-5-11-26-21/h1-8,11,18-19H,9-10,12-17H2,(H,26,27,28,29). The maximum absolute atomic E-state index is 13.8. The third-order valence-electron chi connectivity index (χ3n) is 6.55. The zero-order valence-electron chi connectivity index (χ0n) is 18.6. The molecule has 2 aliphatic rings. The first kappa shape index (κ1) is 21.3. The summed E-state index contributed by atoms with van der Waals surface area (Å²) >= 11 is 0. The molecule has 1 N–H and O–H groups in total. The average Bonchev–Trinajstić information content (AvgIpc) is 2.90. The molecule has 0 spiro atoms. The van der Waals surface area contributed by atoms with Crippen molar-refractivity contribution in [2.24, 2.45) is 0 Å². The Labute approximate surface area is 193 Å². The van der Waals surface area contributed by atoms with E-state index in [0.29, 0.717) is 32.1 Å². The number of pyridine rings is 1. The van der Waals surface area contributed by atoms with E-state index in [-0.39, 0.29) is 5.91 Å². The Hall–Kier alpha value is -3.52. The Morgan fingerprint density at radius 2 is 1.64 bits per heavy atom. The van der Waals surface area contributed by atoms with Crippen molar-refractivity contribution < 1.29 is 9.53 Å². The molecule has 0 saturated carbocycles. The van der Waals surface area contributed by atoms with Crippen molar-refractivity contribution in [3.63, 3.8) is 0 Å². The molecule has 1 amide bonds. The van der Waals surface area contributed by atoms with E-state index in [2.05, 4.69) is 37.3 Å². The van der Waals surface area contributed by atoms with Crippen LogP contribution in [0.5, 0.6) is 0 Å². The lowest BCUT2D eigenvalue weighted by atomic mass is 9.73. The Kier molecular flexibility index (Phi) is 6.17. The van der Waals surface area contributed by atoms with Crippen molar-refractivity contribution in [1.82, 2.24) is 19.9 Å². The SMILES string of the molecule is O=C(N1CCN(c2cc(Nc3ccccn3)ncn2)CC1)C1(c2ccccc2)CCOCC1. The minimum atomic E-state index is -0.490. The van der Waals surface area contributed by atoms with Crippen molar-refractivity contribution in [2.45, 2.75) is 18.3 Å². The highest BCUT2D eigenvalue weighted by Crippen LogP contribution is 2.37. The zero-order valence-corrected chi connectivity index (χ0v) is 18.6. The van der Waals surface area contributed by atoms with Crippen LogP contribution in [-0.4, -0.2) is 65.2 Å². The second-order valence-electron chi connectivity index (χ2n) is 8.44. The first-order chi connectivity index (χ1) is 16.2. The maximum atomic E-state index is 13.8. The number of piperazine rings is 1. The minimum absolute atomic E-state index is 0.219. The van der Waals surface area contributed by atoms with Crippen LogP contribution in [0.4, 0.5) is 17.5 Å². The summed E-state index contributed by atoms with van der Waals surface area (Å²) in [7, 11) is 0. The number of benzene rings is 1. The van der Waals surface area contributed by atoms with Crippen LogP contribution in [0.2, 0.25) is 0 Å². The zero-order chi connectivity index (χ0) is 22.5. The monoisotopic (exact) mass is 444 g/mol. The largest absolute Gasteiger partial charge is 0.381 e. The van der Waals surface area contributed by atoms with Crippen LogP contribution in [0.15, 0.2) is 67.1 Å². The number of amides is 1. The molecule has 8 nitrogen and oxygen atoms in total. The summed E-state index contributed by atoms with van der Waals surface area (Å²) in [5.41, 5.74) is 0.609. The van der Waals surface area contributed by atoms with Crippen molar-refractivity contribution in [3.8, 4) is 0 Å². The van der Waals surface area contributed by atoms with Gasteiger partial charge in [0.05, 0.1) is 5.41 Å². The molecule has 2 fully saturated rings. The first-order valence-corrected chi connectivity index (χ1v) is 11.4. The number of nitrogens with one attached hydrogen (secondary N) is 1. The number of ether oxygens (including phenoxy) is 1. The fourth-order valence-electron chi connectivity index (χ4n) is 4.70. The van der Waals surface area contributed by atoms with Gasteiger partial charge in [-0.3, -0.25) is 4.79 Å². The summed E-state index contributed by atoms with van der Waals surface area (Å²) in [6.07, 6.45) is 4.75. The highest BCUT2D eigenvalue weighted by atomic mass is 16.5. The van der Waals surface area contributed by atoms with Gasteiger partial charge in [-0.05, 0) is 30.5 Å². The van der Waals surface area contributed by atoms with Gasteiger partial charge in [-0.15, -0.1) is 0 Å². The lowest BCUT2D eigenvalue weighted by Crippen LogP contribution is -2.56. The number of aromatic nitrogens is 3. The highest BCUT2D eigenvalue weighted by Gasteiger charge is 2.44. The summed E-state index contributed by atoms with van der Waals surface area (Å²) in [4.78, 5) is 31.1. The fraction of sp³-hybridized carbons (Fsp3) is 0.360. The van der Waals surface area contributed by atoms with Crippen molar-refractivity contribution in [3.05, 3.63) is 72.7 Å². The number of anilines is 3. The molecular weight excluding hydrogens is 416 g/mol. The fourth-order valence-corrected chi connectivity index (χ4v) is 4.70. The lowest BCUT2D eigenvalue weighted by Gasteiger charge is -2.43. The van der Waals surface area contributed by atoms with Crippen molar-refractivity contribution in [2.75, 3.05) is 49.6 Å². The molecule has 33 heavy (non-hydrogen) atoms. The van der Waals surface area contributed by atoms with Gasteiger partial charge in [0.15, 0.2) is 0 Å². The van der Waals surface area contributed by atoms with Crippen molar-refractivity contribution >= 4 is 23.4 Å². The molecule has 0 unspecified atom stereocenters. The van der Waals surface area contributed by atoms with E-state index in [1.807, 2.05) is 47.4 Å². The average molecular weight is 445 g/mol. The second kappa shape index (κ2) is 9.54. The molecule has 4 heterocycles. The molecule has 3 aromatic rings. The third kappa shape index (κ3) is 4.52. The van der Waals surface area contributed by atoms with Crippen LogP contribution < -0.4 is 10.2 Å². The number of hydrogen-bond donors (Lipinski definition) is 1. The Morgan fingerprint density at radius 3 is 2.36 bits per heavy atom. The molecule has 2 aliphatic heterocycles. The van der Waals surface area contributed by atoms with Gasteiger partial charge in [-0.25, -0.2) is 15.0 Å². The molecule has 2 saturated heterocycles. The summed E-state index contributed by atoms with van der Waals surface area (Å²) in [5, 5.41) is 3.21. The molecule has 170 valence electrons. The predicted octanol–water partition coefficient (Wildman–Crippen LogP) is 3.01. The number of rotatable bonds is 5. The van der Waals surface area contributed by atoms with Crippen molar-refractivity contribution in [1.29, 1.82) is 0 Å². The maximum Gasteiger partial charge on any atom is 0.233 e. The molecule has 8 heteroatoms. The third-order valence-corrected chi connectivity index (χ3v) is 6.55. The smallest absolute Gasteiger partial charge is 0.233 e. The van der Waals surface area contributed by atoms with E-state index >= 15 is 0 Å². The van der Waals surface area contributed by atoms with Gasteiger partial charge >= 0.3 is 0 Å². The Bertz CT molecular complexity index is 1060. The van der Waals surface area contributed by atoms with E-state index in [9.17, 15) is 4.79 Å². The van der Waals surface area contributed by atoms with Crippen LogP contribution >= 0.6 is 0 Å². The van der Waals surface area contributed by atoms with Gasteiger partial charge in [0.25, 0.3) is 0 Å². The van der Waals surface area contributed by atoms with Gasteiger partial charge in [-0.1, -0.05) is 36.4 Å². The van der Waals surface area contributed by atoms with Crippen LogP contribution in [0.3, 0.4) is 0 Å². The normalized spacial score (nSPS) is 18.1. The molecule has 2 aromatic heterocycles. The molecule has 0 bridgehead atoms. The molecule has 1 aromatic carbocycles. The number of carbonyl (C=O) groups excluding carboxylic acids is 1. The minimum Gasteiger partial charge on any atom is -0.381 e.